The molecule has 0 saturated carbocycles. The van der Waals surface area contributed by atoms with E-state index in [0.717, 1.165) is 36.6 Å². The molecule has 0 amide bonds. The number of nitrogens with zero attached hydrogens (tertiary/aromatic N) is 3. The fraction of sp³-hybridized carbons (Fsp3) is 0.294. The summed E-state index contributed by atoms with van der Waals surface area (Å²) in [7, 11) is 0. The van der Waals surface area contributed by atoms with Crippen molar-refractivity contribution in [3.63, 3.8) is 0 Å². The molecule has 2 aliphatic rings. The Morgan fingerprint density at radius 3 is 2.77 bits per heavy atom. The van der Waals surface area contributed by atoms with E-state index in [9.17, 15) is 4.39 Å². The SMILES string of the molecule is Fc1ccc(C2=NO[C@@H]3CN(Cc4ccccn4)C[C@H]23)cc1. The third kappa shape index (κ3) is 2.48. The monoisotopic (exact) mass is 297 g/mol. The zero-order valence-corrected chi connectivity index (χ0v) is 12.0. The molecular formula is C17H16FN3O. The van der Waals surface area contributed by atoms with Crippen LogP contribution in [0.4, 0.5) is 4.39 Å². The van der Waals surface area contributed by atoms with E-state index >= 15 is 0 Å². The van der Waals surface area contributed by atoms with Crippen molar-refractivity contribution in [2.75, 3.05) is 13.1 Å². The maximum absolute atomic E-state index is 13.1. The van der Waals surface area contributed by atoms with Crippen molar-refractivity contribution in [1.29, 1.82) is 0 Å². The van der Waals surface area contributed by atoms with Crippen LogP contribution in [0.1, 0.15) is 11.3 Å². The van der Waals surface area contributed by atoms with Gasteiger partial charge in [0.1, 0.15) is 11.9 Å². The van der Waals surface area contributed by atoms with Crippen LogP contribution < -0.4 is 0 Å². The quantitative estimate of drug-likeness (QED) is 0.873. The van der Waals surface area contributed by atoms with Gasteiger partial charge in [0.05, 0.1) is 17.3 Å². The first kappa shape index (κ1) is 13.4. The number of hydrogen-bond acceptors (Lipinski definition) is 4. The molecule has 0 unspecified atom stereocenters. The highest BCUT2D eigenvalue weighted by molar-refractivity contribution is 6.03. The molecule has 2 aromatic rings. The van der Waals surface area contributed by atoms with Gasteiger partial charge in [-0.05, 0) is 29.8 Å². The van der Waals surface area contributed by atoms with E-state index in [-0.39, 0.29) is 17.8 Å². The van der Waals surface area contributed by atoms with E-state index in [0.29, 0.717) is 0 Å². The number of halogens is 1. The Labute approximate surface area is 128 Å². The van der Waals surface area contributed by atoms with Gasteiger partial charge in [0.25, 0.3) is 0 Å². The second kappa shape index (κ2) is 5.50. The van der Waals surface area contributed by atoms with Crippen molar-refractivity contribution in [2.24, 2.45) is 11.1 Å². The first-order valence-corrected chi connectivity index (χ1v) is 7.41. The van der Waals surface area contributed by atoms with E-state index < -0.39 is 0 Å². The molecule has 0 N–H and O–H groups in total. The van der Waals surface area contributed by atoms with Gasteiger partial charge in [0.2, 0.25) is 0 Å². The molecule has 22 heavy (non-hydrogen) atoms. The number of rotatable bonds is 3. The van der Waals surface area contributed by atoms with Crippen LogP contribution >= 0.6 is 0 Å². The molecule has 1 aromatic heterocycles. The first-order valence-electron chi connectivity index (χ1n) is 7.41. The van der Waals surface area contributed by atoms with Gasteiger partial charge >= 0.3 is 0 Å². The van der Waals surface area contributed by atoms with Gasteiger partial charge in [-0.3, -0.25) is 9.88 Å². The summed E-state index contributed by atoms with van der Waals surface area (Å²) in [6.45, 7) is 2.54. The molecular weight excluding hydrogens is 281 g/mol. The van der Waals surface area contributed by atoms with Crippen LogP contribution in [0.3, 0.4) is 0 Å². The molecule has 3 heterocycles. The molecule has 2 aliphatic heterocycles. The van der Waals surface area contributed by atoms with Gasteiger partial charge in [0, 0.05) is 25.8 Å². The third-order valence-corrected chi connectivity index (χ3v) is 4.23. The average molecular weight is 297 g/mol. The summed E-state index contributed by atoms with van der Waals surface area (Å²) >= 11 is 0. The number of benzene rings is 1. The van der Waals surface area contributed by atoms with E-state index in [4.69, 9.17) is 4.84 Å². The predicted octanol–water partition coefficient (Wildman–Crippen LogP) is 2.46. The Bertz CT molecular complexity index is 687. The number of fused-ring (bicyclic) bond motifs is 1. The molecule has 2 atom stereocenters. The smallest absolute Gasteiger partial charge is 0.149 e. The van der Waals surface area contributed by atoms with Crippen molar-refractivity contribution in [3.8, 4) is 0 Å². The van der Waals surface area contributed by atoms with E-state index in [1.54, 1.807) is 12.1 Å². The Balaban J connectivity index is 1.48. The fourth-order valence-electron chi connectivity index (χ4n) is 3.15. The number of pyridine rings is 1. The lowest BCUT2D eigenvalue weighted by atomic mass is 9.95. The van der Waals surface area contributed by atoms with Gasteiger partial charge in [-0.1, -0.05) is 23.4 Å². The van der Waals surface area contributed by atoms with Crippen molar-refractivity contribution < 1.29 is 9.23 Å². The minimum absolute atomic E-state index is 0.0868. The molecule has 0 radical (unpaired) electrons. The summed E-state index contributed by atoms with van der Waals surface area (Å²) in [6.07, 6.45) is 1.90. The molecule has 0 bridgehead atoms. The Morgan fingerprint density at radius 2 is 2.00 bits per heavy atom. The van der Waals surface area contributed by atoms with Crippen LogP contribution in [-0.4, -0.2) is 34.8 Å². The Kier molecular flexibility index (Phi) is 3.35. The molecule has 1 saturated heterocycles. The molecule has 4 nitrogen and oxygen atoms in total. The number of aromatic nitrogens is 1. The number of hydrogen-bond donors (Lipinski definition) is 0. The van der Waals surface area contributed by atoms with E-state index in [2.05, 4.69) is 15.0 Å². The number of oxime groups is 1. The fourth-order valence-corrected chi connectivity index (χ4v) is 3.15. The second-order valence-corrected chi connectivity index (χ2v) is 5.75. The highest BCUT2D eigenvalue weighted by atomic mass is 19.1. The Hall–Kier alpha value is -2.27. The van der Waals surface area contributed by atoms with E-state index in [1.165, 1.54) is 12.1 Å². The number of likely N-dealkylation sites (tertiary alicyclic amines) is 1. The molecule has 1 fully saturated rings. The summed E-state index contributed by atoms with van der Waals surface area (Å²) in [6, 6.07) is 12.4. The normalized spacial score (nSPS) is 24.0. The van der Waals surface area contributed by atoms with Crippen LogP contribution in [0, 0.1) is 11.7 Å². The lowest BCUT2D eigenvalue weighted by Gasteiger charge is -2.15. The molecule has 1 aromatic carbocycles. The lowest BCUT2D eigenvalue weighted by molar-refractivity contribution is 0.0744. The zero-order chi connectivity index (χ0) is 14.9. The van der Waals surface area contributed by atoms with Gasteiger partial charge in [0.15, 0.2) is 0 Å². The first-order chi connectivity index (χ1) is 10.8. The van der Waals surface area contributed by atoms with Gasteiger partial charge in [-0.25, -0.2) is 4.39 Å². The van der Waals surface area contributed by atoms with Crippen molar-refractivity contribution >= 4 is 5.71 Å². The predicted molar refractivity (Wildman–Crippen MR) is 80.8 cm³/mol. The van der Waals surface area contributed by atoms with Crippen LogP contribution in [0.5, 0.6) is 0 Å². The molecule has 5 heteroatoms. The Morgan fingerprint density at radius 1 is 1.14 bits per heavy atom. The lowest BCUT2D eigenvalue weighted by Crippen LogP contribution is -2.23. The summed E-state index contributed by atoms with van der Waals surface area (Å²) in [5.41, 5.74) is 2.92. The van der Waals surface area contributed by atoms with Gasteiger partial charge < -0.3 is 4.84 Å². The minimum Gasteiger partial charge on any atom is -0.390 e. The maximum atomic E-state index is 13.1. The van der Waals surface area contributed by atoms with E-state index in [1.807, 2.05) is 24.4 Å². The van der Waals surface area contributed by atoms with Crippen LogP contribution in [0.25, 0.3) is 0 Å². The van der Waals surface area contributed by atoms with Crippen LogP contribution in [0.2, 0.25) is 0 Å². The van der Waals surface area contributed by atoms with Crippen LogP contribution in [-0.2, 0) is 11.4 Å². The average Bonchev–Trinajstić information content (AvgIpc) is 3.09. The second-order valence-electron chi connectivity index (χ2n) is 5.75. The summed E-state index contributed by atoms with van der Waals surface area (Å²) < 4.78 is 13.1. The standard InChI is InChI=1S/C17H16FN3O/c18-13-6-4-12(5-7-13)17-15-10-21(11-16(15)22-20-17)9-14-3-1-2-8-19-14/h1-8,15-16H,9-11H2/t15-,16+/m0/s1. The largest absolute Gasteiger partial charge is 0.390 e. The molecule has 4 rings (SSSR count). The maximum Gasteiger partial charge on any atom is 0.149 e. The molecule has 0 aliphatic carbocycles. The third-order valence-electron chi connectivity index (χ3n) is 4.23. The van der Waals surface area contributed by atoms with Crippen LogP contribution in [0.15, 0.2) is 53.8 Å². The van der Waals surface area contributed by atoms with Crippen molar-refractivity contribution in [1.82, 2.24) is 9.88 Å². The van der Waals surface area contributed by atoms with Crippen molar-refractivity contribution in [2.45, 2.75) is 12.6 Å². The van der Waals surface area contributed by atoms with Crippen molar-refractivity contribution in [3.05, 3.63) is 65.7 Å². The molecule has 112 valence electrons. The summed E-state index contributed by atoms with van der Waals surface area (Å²) in [5.74, 6) is 0.0113. The highest BCUT2D eigenvalue weighted by Gasteiger charge is 2.42. The van der Waals surface area contributed by atoms with Gasteiger partial charge in [-0.2, -0.15) is 0 Å². The molecule has 0 spiro atoms. The summed E-state index contributed by atoms with van der Waals surface area (Å²) in [5, 5.41) is 4.21. The highest BCUT2D eigenvalue weighted by Crippen LogP contribution is 2.30. The zero-order valence-electron chi connectivity index (χ0n) is 12.0. The summed E-state index contributed by atoms with van der Waals surface area (Å²) in [4.78, 5) is 12.3. The topological polar surface area (TPSA) is 37.7 Å². The minimum atomic E-state index is -0.233. The van der Waals surface area contributed by atoms with Gasteiger partial charge in [-0.15, -0.1) is 0 Å².